The first-order valence-corrected chi connectivity index (χ1v) is 5.30. The molecule has 0 fully saturated rings. The van der Waals surface area contributed by atoms with Crippen LogP contribution in [0.4, 0.5) is 0 Å². The van der Waals surface area contributed by atoms with Crippen LogP contribution in [0.1, 0.15) is 16.7 Å². The fourth-order valence-corrected chi connectivity index (χ4v) is 1.80. The minimum absolute atomic E-state index is 0.524. The molecule has 0 unspecified atom stereocenters. The van der Waals surface area contributed by atoms with Gasteiger partial charge in [-0.2, -0.15) is 5.26 Å². The molecule has 4 heteroatoms. The maximum atomic E-state index is 10.4. The smallest absolute Gasteiger partial charge is 0.328 e. The summed E-state index contributed by atoms with van der Waals surface area (Å²) < 4.78 is 0. The number of nitrogens with zero attached hydrogens (tertiary/aromatic N) is 1. The van der Waals surface area contributed by atoms with Gasteiger partial charge < -0.3 is 5.11 Å². The number of alkyl halides is 1. The second-order valence-electron chi connectivity index (χ2n) is 2.79. The third-order valence-corrected chi connectivity index (χ3v) is 2.43. The zero-order valence-electron chi connectivity index (χ0n) is 7.77. The van der Waals surface area contributed by atoms with E-state index in [1.165, 1.54) is 6.08 Å². The summed E-state index contributed by atoms with van der Waals surface area (Å²) in [5.41, 5.74) is 2.10. The van der Waals surface area contributed by atoms with Crippen LogP contribution in [0.25, 0.3) is 6.08 Å². The first-order valence-electron chi connectivity index (χ1n) is 4.18. The first kappa shape index (κ1) is 11.5. The molecular formula is C11H8BrNO2. The average Bonchev–Trinajstić information content (AvgIpc) is 2.25. The molecule has 0 aliphatic rings. The number of carboxylic acid groups (broad SMARTS) is 1. The van der Waals surface area contributed by atoms with Gasteiger partial charge in [0.1, 0.15) is 0 Å². The topological polar surface area (TPSA) is 61.1 Å². The van der Waals surface area contributed by atoms with Crippen molar-refractivity contribution in [3.05, 3.63) is 41.0 Å². The van der Waals surface area contributed by atoms with Crippen molar-refractivity contribution < 1.29 is 9.90 Å². The van der Waals surface area contributed by atoms with Crippen LogP contribution in [0.5, 0.6) is 0 Å². The summed E-state index contributed by atoms with van der Waals surface area (Å²) in [5.74, 6) is -1.00. The monoisotopic (exact) mass is 265 g/mol. The summed E-state index contributed by atoms with van der Waals surface area (Å²) in [6.07, 6.45) is 2.54. The van der Waals surface area contributed by atoms with Crippen LogP contribution in [0.2, 0.25) is 0 Å². The van der Waals surface area contributed by atoms with Crippen LogP contribution in [-0.4, -0.2) is 11.1 Å². The highest BCUT2D eigenvalue weighted by Crippen LogP contribution is 2.18. The normalized spacial score (nSPS) is 10.1. The lowest BCUT2D eigenvalue weighted by atomic mass is 10.0. The lowest BCUT2D eigenvalue weighted by Crippen LogP contribution is -1.92. The Hall–Kier alpha value is -1.60. The number of hydrogen-bond donors (Lipinski definition) is 1. The zero-order chi connectivity index (χ0) is 11.3. The molecule has 0 aliphatic heterocycles. The summed E-state index contributed by atoms with van der Waals surface area (Å²) >= 11 is 3.27. The van der Waals surface area contributed by atoms with Crippen molar-refractivity contribution in [3.8, 4) is 6.07 Å². The van der Waals surface area contributed by atoms with Gasteiger partial charge in [0, 0.05) is 11.4 Å². The van der Waals surface area contributed by atoms with Crippen molar-refractivity contribution in [1.82, 2.24) is 0 Å². The predicted octanol–water partition coefficient (Wildman–Crippen LogP) is 2.55. The third-order valence-electron chi connectivity index (χ3n) is 1.87. The molecule has 3 nitrogen and oxygen atoms in total. The molecule has 0 saturated heterocycles. The molecule has 1 aromatic carbocycles. The summed E-state index contributed by atoms with van der Waals surface area (Å²) in [6, 6.07) is 7.27. The van der Waals surface area contributed by atoms with E-state index >= 15 is 0 Å². The van der Waals surface area contributed by atoms with Gasteiger partial charge in [0.15, 0.2) is 0 Å². The Morgan fingerprint density at radius 1 is 1.60 bits per heavy atom. The van der Waals surface area contributed by atoms with E-state index in [-0.39, 0.29) is 0 Å². The molecule has 0 amide bonds. The molecule has 15 heavy (non-hydrogen) atoms. The van der Waals surface area contributed by atoms with Crippen LogP contribution in [0, 0.1) is 11.3 Å². The summed E-state index contributed by atoms with van der Waals surface area (Å²) in [6.45, 7) is 0. The van der Waals surface area contributed by atoms with Gasteiger partial charge in [-0.05, 0) is 23.3 Å². The van der Waals surface area contributed by atoms with Gasteiger partial charge in [-0.25, -0.2) is 4.79 Å². The molecule has 0 bridgehead atoms. The van der Waals surface area contributed by atoms with E-state index in [0.717, 1.165) is 17.2 Å². The molecule has 1 rings (SSSR count). The van der Waals surface area contributed by atoms with E-state index in [0.29, 0.717) is 10.9 Å². The van der Waals surface area contributed by atoms with E-state index in [4.69, 9.17) is 10.4 Å². The minimum atomic E-state index is -1.00. The lowest BCUT2D eigenvalue weighted by molar-refractivity contribution is -0.131. The summed E-state index contributed by atoms with van der Waals surface area (Å²) in [5, 5.41) is 17.9. The minimum Gasteiger partial charge on any atom is -0.478 e. The van der Waals surface area contributed by atoms with Crippen LogP contribution in [0.3, 0.4) is 0 Å². The van der Waals surface area contributed by atoms with E-state index in [9.17, 15) is 4.79 Å². The highest BCUT2D eigenvalue weighted by molar-refractivity contribution is 9.08. The standard InChI is InChI=1S/C11H8BrNO2/c12-6-10-8(4-5-11(14)15)2-1-3-9(10)7-13/h1-5H,6H2,(H,14,15)/b5-4+. The van der Waals surface area contributed by atoms with E-state index in [1.54, 1.807) is 18.2 Å². The molecule has 1 aromatic rings. The molecule has 76 valence electrons. The van der Waals surface area contributed by atoms with Crippen molar-refractivity contribution in [2.75, 3.05) is 0 Å². The largest absolute Gasteiger partial charge is 0.478 e. The Morgan fingerprint density at radius 2 is 2.33 bits per heavy atom. The number of nitriles is 1. The zero-order valence-corrected chi connectivity index (χ0v) is 9.36. The van der Waals surface area contributed by atoms with Crippen molar-refractivity contribution in [2.45, 2.75) is 5.33 Å². The third kappa shape index (κ3) is 2.93. The van der Waals surface area contributed by atoms with E-state index < -0.39 is 5.97 Å². The number of halogens is 1. The maximum Gasteiger partial charge on any atom is 0.328 e. The second kappa shape index (κ2) is 5.32. The highest BCUT2D eigenvalue weighted by atomic mass is 79.9. The van der Waals surface area contributed by atoms with Gasteiger partial charge in [-0.1, -0.05) is 28.1 Å². The molecule has 0 heterocycles. The summed E-state index contributed by atoms with van der Waals surface area (Å²) in [4.78, 5) is 10.4. The average molecular weight is 266 g/mol. The maximum absolute atomic E-state index is 10.4. The molecule has 0 aromatic heterocycles. The van der Waals surface area contributed by atoms with Crippen molar-refractivity contribution in [2.24, 2.45) is 0 Å². The number of hydrogen-bond acceptors (Lipinski definition) is 2. The molecule has 0 aliphatic carbocycles. The fourth-order valence-electron chi connectivity index (χ4n) is 1.18. The van der Waals surface area contributed by atoms with Gasteiger partial charge in [0.05, 0.1) is 11.6 Å². The van der Waals surface area contributed by atoms with E-state index in [2.05, 4.69) is 22.0 Å². The van der Waals surface area contributed by atoms with Gasteiger partial charge in [-0.15, -0.1) is 0 Å². The number of carbonyl (C=O) groups is 1. The van der Waals surface area contributed by atoms with Crippen molar-refractivity contribution in [3.63, 3.8) is 0 Å². The molecule has 0 saturated carbocycles. The molecular weight excluding hydrogens is 258 g/mol. The predicted molar refractivity (Wildman–Crippen MR) is 60.5 cm³/mol. The van der Waals surface area contributed by atoms with Gasteiger partial charge in [0.2, 0.25) is 0 Å². The Labute approximate surface area is 95.8 Å². The lowest BCUT2D eigenvalue weighted by Gasteiger charge is -2.03. The van der Waals surface area contributed by atoms with Crippen LogP contribution < -0.4 is 0 Å². The Bertz CT molecular complexity index is 446. The molecule has 1 N–H and O–H groups in total. The van der Waals surface area contributed by atoms with Crippen LogP contribution in [-0.2, 0) is 10.1 Å². The van der Waals surface area contributed by atoms with Crippen LogP contribution in [0.15, 0.2) is 24.3 Å². The quantitative estimate of drug-likeness (QED) is 0.675. The first-order chi connectivity index (χ1) is 7.19. The van der Waals surface area contributed by atoms with E-state index in [1.807, 2.05) is 0 Å². The highest BCUT2D eigenvalue weighted by Gasteiger charge is 2.04. The van der Waals surface area contributed by atoms with Gasteiger partial charge in [0.25, 0.3) is 0 Å². The number of benzene rings is 1. The van der Waals surface area contributed by atoms with Gasteiger partial charge >= 0.3 is 5.97 Å². The Kier molecular flexibility index (Phi) is 4.07. The van der Waals surface area contributed by atoms with Crippen molar-refractivity contribution >= 4 is 28.0 Å². The fraction of sp³-hybridized carbons (Fsp3) is 0.0909. The number of aliphatic carboxylic acids is 1. The van der Waals surface area contributed by atoms with Crippen LogP contribution >= 0.6 is 15.9 Å². The number of rotatable bonds is 3. The SMILES string of the molecule is N#Cc1cccc(/C=C/C(=O)O)c1CBr. The summed E-state index contributed by atoms with van der Waals surface area (Å²) in [7, 11) is 0. The molecule has 0 spiro atoms. The van der Waals surface area contributed by atoms with Crippen molar-refractivity contribution in [1.29, 1.82) is 5.26 Å². The number of carboxylic acids is 1. The molecule has 0 atom stereocenters. The Balaban J connectivity index is 3.19. The molecule has 0 radical (unpaired) electrons. The Morgan fingerprint density at radius 3 is 2.87 bits per heavy atom. The second-order valence-corrected chi connectivity index (χ2v) is 3.35. The van der Waals surface area contributed by atoms with Gasteiger partial charge in [-0.3, -0.25) is 0 Å².